The standard InChI is InChI=1S/C27H30ClN5O3Si/c1-37(2)12-11-36-17-33-10-8-21-23(31-25(28)32-24(21)33)18-7-9-29-22(13-18)27(16-30-26(34)35)14-19-5-3-4-6-20(19)15-27/h3-10,13,30,37H,11-12,14-17H2,1-2H3,(H,34,35). The van der Waals surface area contributed by atoms with Crippen molar-refractivity contribution in [1.29, 1.82) is 0 Å². The van der Waals surface area contributed by atoms with Gasteiger partial charge in [-0.15, -0.1) is 0 Å². The molecule has 1 amide bonds. The zero-order chi connectivity index (χ0) is 26.0. The van der Waals surface area contributed by atoms with Crippen LogP contribution in [0.2, 0.25) is 24.4 Å². The highest BCUT2D eigenvalue weighted by molar-refractivity contribution is 6.55. The Labute approximate surface area is 222 Å². The van der Waals surface area contributed by atoms with Gasteiger partial charge in [0.05, 0.1) is 5.69 Å². The van der Waals surface area contributed by atoms with E-state index >= 15 is 0 Å². The second kappa shape index (κ2) is 10.6. The topological polar surface area (TPSA) is 102 Å². The van der Waals surface area contributed by atoms with E-state index in [2.05, 4.69) is 40.5 Å². The van der Waals surface area contributed by atoms with Crippen molar-refractivity contribution in [2.45, 2.75) is 44.1 Å². The van der Waals surface area contributed by atoms with Crippen LogP contribution in [0.25, 0.3) is 22.3 Å². The summed E-state index contributed by atoms with van der Waals surface area (Å²) in [6.45, 7) is 6.02. The van der Waals surface area contributed by atoms with Crippen molar-refractivity contribution >= 4 is 37.5 Å². The monoisotopic (exact) mass is 535 g/mol. The van der Waals surface area contributed by atoms with E-state index in [-0.39, 0.29) is 11.8 Å². The zero-order valence-electron chi connectivity index (χ0n) is 20.9. The van der Waals surface area contributed by atoms with E-state index in [1.807, 2.05) is 41.1 Å². The molecule has 3 heterocycles. The number of halogens is 1. The van der Waals surface area contributed by atoms with Crippen molar-refractivity contribution in [3.63, 3.8) is 0 Å². The third-order valence-electron chi connectivity index (χ3n) is 6.99. The van der Waals surface area contributed by atoms with Gasteiger partial charge in [-0.1, -0.05) is 37.4 Å². The first-order valence-corrected chi connectivity index (χ1v) is 16.0. The minimum atomic E-state index is -1.05. The molecule has 8 nitrogen and oxygen atoms in total. The SMILES string of the molecule is C[SiH](C)CCOCn1ccc2c(-c3ccnc(C4(CNC(=O)O)Cc5ccccc5C4)c3)nc(Cl)nc21. The summed E-state index contributed by atoms with van der Waals surface area (Å²) in [4.78, 5) is 25.2. The molecular weight excluding hydrogens is 506 g/mol. The van der Waals surface area contributed by atoms with E-state index in [4.69, 9.17) is 21.3 Å². The van der Waals surface area contributed by atoms with Crippen LogP contribution >= 0.6 is 11.6 Å². The van der Waals surface area contributed by atoms with Gasteiger partial charge in [0.2, 0.25) is 5.28 Å². The summed E-state index contributed by atoms with van der Waals surface area (Å²) in [5.74, 6) is 0. The summed E-state index contributed by atoms with van der Waals surface area (Å²) in [6, 6.07) is 15.3. The summed E-state index contributed by atoms with van der Waals surface area (Å²) in [7, 11) is -0.663. The normalized spacial score (nSPS) is 14.3. The quantitative estimate of drug-likeness (QED) is 0.179. The van der Waals surface area contributed by atoms with Crippen molar-refractivity contribution < 1.29 is 14.6 Å². The van der Waals surface area contributed by atoms with Gasteiger partial charge in [-0.2, -0.15) is 4.98 Å². The smallest absolute Gasteiger partial charge is 0.404 e. The molecule has 10 heteroatoms. The van der Waals surface area contributed by atoms with Crippen molar-refractivity contribution in [3.8, 4) is 11.3 Å². The van der Waals surface area contributed by atoms with E-state index in [1.54, 1.807) is 6.20 Å². The Morgan fingerprint density at radius 1 is 1.19 bits per heavy atom. The Hall–Kier alpha value is -3.27. The number of aromatic nitrogens is 4. The Balaban J connectivity index is 1.50. The first-order valence-electron chi connectivity index (χ1n) is 12.5. The molecule has 0 saturated carbocycles. The average Bonchev–Trinajstić information content (AvgIpc) is 3.47. The van der Waals surface area contributed by atoms with Gasteiger partial charge in [0.25, 0.3) is 0 Å². The molecule has 0 spiro atoms. The van der Waals surface area contributed by atoms with E-state index in [0.717, 1.165) is 29.3 Å². The molecule has 0 fully saturated rings. The zero-order valence-corrected chi connectivity index (χ0v) is 22.9. The van der Waals surface area contributed by atoms with Crippen LogP contribution in [0, 0.1) is 0 Å². The predicted molar refractivity (Wildman–Crippen MR) is 147 cm³/mol. The molecule has 37 heavy (non-hydrogen) atoms. The van der Waals surface area contributed by atoms with Crippen LogP contribution in [0.4, 0.5) is 4.79 Å². The van der Waals surface area contributed by atoms with Crippen molar-refractivity contribution in [3.05, 3.63) is 77.0 Å². The highest BCUT2D eigenvalue weighted by atomic mass is 35.5. The number of pyridine rings is 1. The largest absolute Gasteiger partial charge is 0.465 e. The lowest BCUT2D eigenvalue weighted by Gasteiger charge is -2.28. The molecule has 192 valence electrons. The number of hydrogen-bond acceptors (Lipinski definition) is 5. The summed E-state index contributed by atoms with van der Waals surface area (Å²) in [6.07, 6.45) is 4.06. The molecule has 1 aliphatic carbocycles. The lowest BCUT2D eigenvalue weighted by molar-refractivity contribution is 0.0902. The van der Waals surface area contributed by atoms with Gasteiger partial charge in [0.1, 0.15) is 12.4 Å². The summed E-state index contributed by atoms with van der Waals surface area (Å²) < 4.78 is 7.84. The first kappa shape index (κ1) is 25.4. The maximum atomic E-state index is 11.4. The van der Waals surface area contributed by atoms with Crippen molar-refractivity contribution in [2.75, 3.05) is 13.2 Å². The molecule has 3 aromatic heterocycles. The highest BCUT2D eigenvalue weighted by Crippen LogP contribution is 2.40. The van der Waals surface area contributed by atoms with Crippen LogP contribution in [0.1, 0.15) is 16.8 Å². The highest BCUT2D eigenvalue weighted by Gasteiger charge is 2.40. The molecule has 5 rings (SSSR count). The number of ether oxygens (including phenoxy) is 1. The second-order valence-electron chi connectivity index (χ2n) is 10.1. The average molecular weight is 536 g/mol. The van der Waals surface area contributed by atoms with Gasteiger partial charge in [0.15, 0.2) is 0 Å². The van der Waals surface area contributed by atoms with Gasteiger partial charge in [-0.3, -0.25) is 4.98 Å². The van der Waals surface area contributed by atoms with E-state index in [0.29, 0.717) is 30.9 Å². The molecule has 0 aliphatic heterocycles. The fraction of sp³-hybridized carbons (Fsp3) is 0.333. The molecular formula is C27H30ClN5O3Si. The van der Waals surface area contributed by atoms with Crippen molar-refractivity contribution in [2.24, 2.45) is 0 Å². The summed E-state index contributed by atoms with van der Waals surface area (Å²) in [5, 5.41) is 13.0. The van der Waals surface area contributed by atoms with Gasteiger partial charge < -0.3 is 19.7 Å². The number of carboxylic acid groups (broad SMARTS) is 1. The Bertz CT molecular complexity index is 1420. The molecule has 1 aromatic carbocycles. The minimum absolute atomic E-state index is 0.158. The number of nitrogens with one attached hydrogen (secondary N) is 1. The van der Waals surface area contributed by atoms with E-state index in [1.165, 1.54) is 11.1 Å². The number of nitrogens with zero attached hydrogens (tertiary/aromatic N) is 4. The fourth-order valence-electron chi connectivity index (χ4n) is 5.05. The van der Waals surface area contributed by atoms with Crippen LogP contribution in [0.15, 0.2) is 54.9 Å². The Morgan fingerprint density at radius 3 is 2.65 bits per heavy atom. The van der Waals surface area contributed by atoms with Crippen LogP contribution in [-0.2, 0) is 29.7 Å². The van der Waals surface area contributed by atoms with Crippen LogP contribution < -0.4 is 5.32 Å². The minimum Gasteiger partial charge on any atom is -0.465 e. The Morgan fingerprint density at radius 2 is 1.95 bits per heavy atom. The number of carbonyl (C=O) groups is 1. The number of hydrogen-bond donors (Lipinski definition) is 2. The fourth-order valence-corrected chi connectivity index (χ4v) is 5.85. The van der Waals surface area contributed by atoms with Gasteiger partial charge in [-0.05, 0) is 59.8 Å². The van der Waals surface area contributed by atoms with Crippen LogP contribution in [-0.4, -0.2) is 52.7 Å². The molecule has 0 unspecified atom stereocenters. The van der Waals surface area contributed by atoms with E-state index < -0.39 is 20.3 Å². The van der Waals surface area contributed by atoms with Gasteiger partial charge in [-0.25, -0.2) is 9.78 Å². The summed E-state index contributed by atoms with van der Waals surface area (Å²) in [5.41, 5.74) is 5.04. The number of rotatable bonds is 9. The van der Waals surface area contributed by atoms with Gasteiger partial charge >= 0.3 is 6.09 Å². The third-order valence-corrected chi connectivity index (χ3v) is 8.55. The Kier molecular flexibility index (Phi) is 7.28. The van der Waals surface area contributed by atoms with E-state index in [9.17, 15) is 9.90 Å². The predicted octanol–water partition coefficient (Wildman–Crippen LogP) is 4.91. The third kappa shape index (κ3) is 5.39. The number of fused-ring (bicyclic) bond motifs is 2. The maximum Gasteiger partial charge on any atom is 0.404 e. The lowest BCUT2D eigenvalue weighted by Crippen LogP contribution is -2.41. The molecule has 2 N–H and O–H groups in total. The molecule has 0 bridgehead atoms. The molecule has 0 atom stereocenters. The van der Waals surface area contributed by atoms with Gasteiger partial charge in [0, 0.05) is 56.4 Å². The number of amides is 1. The molecule has 0 radical (unpaired) electrons. The lowest BCUT2D eigenvalue weighted by atomic mass is 9.80. The summed E-state index contributed by atoms with van der Waals surface area (Å²) >= 11 is 6.38. The number of benzene rings is 1. The molecule has 1 aliphatic rings. The first-order chi connectivity index (χ1) is 17.8. The molecule has 0 saturated heterocycles. The maximum absolute atomic E-state index is 11.4. The van der Waals surface area contributed by atoms with Crippen LogP contribution in [0.5, 0.6) is 0 Å². The van der Waals surface area contributed by atoms with Crippen LogP contribution in [0.3, 0.4) is 0 Å². The molecule has 4 aromatic rings. The second-order valence-corrected chi connectivity index (χ2v) is 13.8. The van der Waals surface area contributed by atoms with Crippen molar-refractivity contribution in [1.82, 2.24) is 24.8 Å².